The minimum Gasteiger partial charge on any atom is -0.312 e. The predicted molar refractivity (Wildman–Crippen MR) is 74.3 cm³/mol. The van der Waals surface area contributed by atoms with E-state index in [4.69, 9.17) is 0 Å². The summed E-state index contributed by atoms with van der Waals surface area (Å²) in [6, 6.07) is 0.0707. The molecule has 0 aliphatic heterocycles. The van der Waals surface area contributed by atoms with Crippen LogP contribution in [0.15, 0.2) is 0 Å². The van der Waals surface area contributed by atoms with Gasteiger partial charge in [-0.3, -0.25) is 4.90 Å². The van der Waals surface area contributed by atoms with Crippen molar-refractivity contribution in [3.8, 4) is 0 Å². The van der Waals surface area contributed by atoms with Crippen LogP contribution in [-0.4, -0.2) is 43.3 Å². The van der Waals surface area contributed by atoms with Gasteiger partial charge in [0.2, 0.25) is 0 Å². The third kappa shape index (κ3) is 9.27. The standard InChI is InChI=1S/C14H29F3N2/c1-6-8-18-12(13(3,4)5)10-19(9-7-2)11-14(15,16)17/h12,18H,6-11H2,1-5H3. The maximum Gasteiger partial charge on any atom is 0.401 e. The van der Waals surface area contributed by atoms with E-state index in [1.165, 1.54) is 4.90 Å². The summed E-state index contributed by atoms with van der Waals surface area (Å²) < 4.78 is 37.7. The van der Waals surface area contributed by atoms with Crippen LogP contribution in [0.3, 0.4) is 0 Å². The quantitative estimate of drug-likeness (QED) is 0.730. The molecule has 116 valence electrons. The van der Waals surface area contributed by atoms with Gasteiger partial charge in [-0.25, -0.2) is 0 Å². The Bertz CT molecular complexity index is 234. The SMILES string of the molecule is CCCNC(CN(CCC)CC(F)(F)F)C(C)(C)C. The molecule has 0 radical (unpaired) electrons. The predicted octanol–water partition coefficient (Wildman–Crippen LogP) is 3.68. The van der Waals surface area contributed by atoms with Crippen molar-refractivity contribution in [3.05, 3.63) is 0 Å². The molecule has 0 aromatic rings. The summed E-state index contributed by atoms with van der Waals surface area (Å²) in [4.78, 5) is 1.51. The minimum absolute atomic E-state index is 0.0488. The van der Waals surface area contributed by atoms with E-state index in [1.807, 2.05) is 6.92 Å². The van der Waals surface area contributed by atoms with Gasteiger partial charge in [0, 0.05) is 12.6 Å². The molecule has 0 aromatic carbocycles. The van der Waals surface area contributed by atoms with Crippen LogP contribution >= 0.6 is 0 Å². The van der Waals surface area contributed by atoms with Crippen LogP contribution in [0.4, 0.5) is 13.2 Å². The van der Waals surface area contributed by atoms with Gasteiger partial charge in [-0.15, -0.1) is 0 Å². The van der Waals surface area contributed by atoms with E-state index in [1.54, 1.807) is 0 Å². The van der Waals surface area contributed by atoms with Crippen molar-refractivity contribution in [2.24, 2.45) is 5.41 Å². The van der Waals surface area contributed by atoms with Gasteiger partial charge in [0.05, 0.1) is 6.54 Å². The van der Waals surface area contributed by atoms with E-state index in [0.717, 1.165) is 19.4 Å². The van der Waals surface area contributed by atoms with E-state index < -0.39 is 12.7 Å². The second-order valence-corrected chi connectivity index (χ2v) is 6.22. The highest BCUT2D eigenvalue weighted by Crippen LogP contribution is 2.22. The van der Waals surface area contributed by atoms with Gasteiger partial charge in [0.25, 0.3) is 0 Å². The lowest BCUT2D eigenvalue weighted by atomic mass is 9.86. The first-order valence-corrected chi connectivity index (χ1v) is 7.12. The Labute approximate surface area is 115 Å². The van der Waals surface area contributed by atoms with E-state index in [2.05, 4.69) is 33.0 Å². The van der Waals surface area contributed by atoms with Crippen molar-refractivity contribution in [2.75, 3.05) is 26.2 Å². The zero-order valence-corrected chi connectivity index (χ0v) is 12.9. The fourth-order valence-electron chi connectivity index (χ4n) is 2.03. The molecule has 1 atom stereocenters. The number of alkyl halides is 3. The molecule has 0 amide bonds. The van der Waals surface area contributed by atoms with E-state index in [9.17, 15) is 13.2 Å². The monoisotopic (exact) mass is 282 g/mol. The van der Waals surface area contributed by atoms with Crippen LogP contribution < -0.4 is 5.32 Å². The molecule has 0 aliphatic carbocycles. The van der Waals surface area contributed by atoms with Crippen LogP contribution in [-0.2, 0) is 0 Å². The molecule has 5 heteroatoms. The average molecular weight is 282 g/mol. The summed E-state index contributed by atoms with van der Waals surface area (Å²) in [6.45, 7) is 11.1. The average Bonchev–Trinajstić information content (AvgIpc) is 2.20. The molecule has 0 fully saturated rings. The van der Waals surface area contributed by atoms with Gasteiger partial charge in [-0.1, -0.05) is 34.6 Å². The Hall–Kier alpha value is -0.290. The van der Waals surface area contributed by atoms with Crippen LogP contribution in [0.5, 0.6) is 0 Å². The highest BCUT2D eigenvalue weighted by Gasteiger charge is 2.33. The Kier molecular flexibility index (Phi) is 7.98. The molecule has 0 spiro atoms. The number of hydrogen-bond donors (Lipinski definition) is 1. The summed E-state index contributed by atoms with van der Waals surface area (Å²) in [5, 5.41) is 3.37. The number of nitrogens with one attached hydrogen (secondary N) is 1. The molecule has 0 aromatic heterocycles. The molecular formula is C14H29F3N2. The zero-order valence-electron chi connectivity index (χ0n) is 12.9. The molecule has 0 heterocycles. The fourth-order valence-corrected chi connectivity index (χ4v) is 2.03. The van der Waals surface area contributed by atoms with E-state index in [-0.39, 0.29) is 11.5 Å². The molecule has 1 N–H and O–H groups in total. The first-order chi connectivity index (χ1) is 8.60. The van der Waals surface area contributed by atoms with Gasteiger partial charge < -0.3 is 5.32 Å². The Balaban J connectivity index is 4.63. The second-order valence-electron chi connectivity index (χ2n) is 6.22. The van der Waals surface area contributed by atoms with Crippen molar-refractivity contribution < 1.29 is 13.2 Å². The Morgan fingerprint density at radius 2 is 1.63 bits per heavy atom. The van der Waals surface area contributed by atoms with Crippen LogP contribution in [0.2, 0.25) is 0 Å². The second kappa shape index (κ2) is 8.10. The molecule has 0 rings (SSSR count). The van der Waals surface area contributed by atoms with Gasteiger partial charge >= 0.3 is 6.18 Å². The molecule has 2 nitrogen and oxygen atoms in total. The molecule has 0 aliphatic rings. The molecule has 1 unspecified atom stereocenters. The number of halogens is 3. The third-order valence-corrected chi connectivity index (χ3v) is 3.07. The summed E-state index contributed by atoms with van der Waals surface area (Å²) in [7, 11) is 0. The number of rotatable bonds is 8. The van der Waals surface area contributed by atoms with Crippen molar-refractivity contribution >= 4 is 0 Å². The molecule has 0 bridgehead atoms. The lowest BCUT2D eigenvalue weighted by Crippen LogP contribution is -2.50. The first-order valence-electron chi connectivity index (χ1n) is 7.12. The first kappa shape index (κ1) is 18.7. The summed E-state index contributed by atoms with van der Waals surface area (Å²) in [6.07, 6.45) is -2.40. The summed E-state index contributed by atoms with van der Waals surface area (Å²) in [5.74, 6) is 0. The van der Waals surface area contributed by atoms with Crippen LogP contribution in [0.25, 0.3) is 0 Å². The minimum atomic E-state index is -4.12. The topological polar surface area (TPSA) is 15.3 Å². The van der Waals surface area contributed by atoms with Gasteiger partial charge in [-0.05, 0) is 31.3 Å². The zero-order chi connectivity index (χ0) is 15.1. The summed E-state index contributed by atoms with van der Waals surface area (Å²) in [5.41, 5.74) is -0.0488. The van der Waals surface area contributed by atoms with Gasteiger partial charge in [0.15, 0.2) is 0 Å². The van der Waals surface area contributed by atoms with Crippen molar-refractivity contribution in [1.82, 2.24) is 10.2 Å². The highest BCUT2D eigenvalue weighted by molar-refractivity contribution is 4.84. The maximum atomic E-state index is 12.6. The van der Waals surface area contributed by atoms with Crippen LogP contribution in [0, 0.1) is 5.41 Å². The molecule has 19 heavy (non-hydrogen) atoms. The Morgan fingerprint density at radius 1 is 1.05 bits per heavy atom. The number of nitrogens with zero attached hydrogens (tertiary/aromatic N) is 1. The van der Waals surface area contributed by atoms with Crippen molar-refractivity contribution in [3.63, 3.8) is 0 Å². The van der Waals surface area contributed by atoms with Gasteiger partial charge in [-0.2, -0.15) is 13.2 Å². The fraction of sp³-hybridized carbons (Fsp3) is 1.00. The lowest BCUT2D eigenvalue weighted by molar-refractivity contribution is -0.147. The lowest BCUT2D eigenvalue weighted by Gasteiger charge is -2.36. The Morgan fingerprint density at radius 3 is 2.00 bits per heavy atom. The largest absolute Gasteiger partial charge is 0.401 e. The van der Waals surface area contributed by atoms with Crippen LogP contribution in [0.1, 0.15) is 47.5 Å². The molecular weight excluding hydrogens is 253 g/mol. The summed E-state index contributed by atoms with van der Waals surface area (Å²) >= 11 is 0. The molecule has 0 saturated heterocycles. The maximum absolute atomic E-state index is 12.6. The van der Waals surface area contributed by atoms with E-state index >= 15 is 0 Å². The highest BCUT2D eigenvalue weighted by atomic mass is 19.4. The smallest absolute Gasteiger partial charge is 0.312 e. The van der Waals surface area contributed by atoms with Crippen molar-refractivity contribution in [1.29, 1.82) is 0 Å². The number of hydrogen-bond acceptors (Lipinski definition) is 2. The van der Waals surface area contributed by atoms with E-state index in [0.29, 0.717) is 13.1 Å². The van der Waals surface area contributed by atoms with Crippen molar-refractivity contribution in [2.45, 2.75) is 59.7 Å². The normalized spacial score (nSPS) is 15.0. The molecule has 0 saturated carbocycles. The third-order valence-electron chi connectivity index (χ3n) is 3.07. The van der Waals surface area contributed by atoms with Gasteiger partial charge in [0.1, 0.15) is 0 Å².